The van der Waals surface area contributed by atoms with Crippen molar-refractivity contribution >= 4 is 11.6 Å². The van der Waals surface area contributed by atoms with Gasteiger partial charge in [0.2, 0.25) is 5.91 Å². The Bertz CT molecular complexity index is 532. The number of hydrogen-bond acceptors (Lipinski definition) is 4. The number of hydrogen-bond donors (Lipinski definition) is 2. The Hall–Kier alpha value is -1.75. The van der Waals surface area contributed by atoms with Crippen molar-refractivity contribution in [3.05, 3.63) is 18.2 Å². The van der Waals surface area contributed by atoms with Crippen molar-refractivity contribution < 1.29 is 14.3 Å². The molecule has 1 aromatic rings. The van der Waals surface area contributed by atoms with Crippen molar-refractivity contribution in [3.8, 4) is 11.5 Å². The van der Waals surface area contributed by atoms with Crippen LogP contribution in [0.25, 0.3) is 0 Å². The summed E-state index contributed by atoms with van der Waals surface area (Å²) in [7, 11) is 3.20. The zero-order valence-electron chi connectivity index (χ0n) is 12.5. The largest absolute Gasteiger partial charge is 0.497 e. The highest BCUT2D eigenvalue weighted by Gasteiger charge is 2.42. The molecule has 21 heavy (non-hydrogen) atoms. The van der Waals surface area contributed by atoms with Crippen molar-refractivity contribution in [2.24, 2.45) is 11.8 Å². The lowest BCUT2D eigenvalue weighted by atomic mass is 9.93. The van der Waals surface area contributed by atoms with Crippen molar-refractivity contribution in [3.63, 3.8) is 0 Å². The summed E-state index contributed by atoms with van der Waals surface area (Å²) >= 11 is 0. The maximum atomic E-state index is 12.5. The molecule has 3 rings (SSSR count). The molecule has 5 nitrogen and oxygen atoms in total. The monoisotopic (exact) mass is 290 g/mol. The van der Waals surface area contributed by atoms with Crippen molar-refractivity contribution in [2.75, 3.05) is 26.1 Å². The van der Waals surface area contributed by atoms with E-state index in [1.807, 2.05) is 12.1 Å². The van der Waals surface area contributed by atoms with Gasteiger partial charge in [0.05, 0.1) is 25.9 Å². The SMILES string of the molecule is COc1ccc(NC(=O)C2NCC3CCCC32)c(OC)c1. The lowest BCUT2D eigenvalue weighted by molar-refractivity contribution is -0.118. The summed E-state index contributed by atoms with van der Waals surface area (Å²) in [5, 5.41) is 6.35. The molecule has 2 aliphatic rings. The van der Waals surface area contributed by atoms with E-state index in [4.69, 9.17) is 9.47 Å². The van der Waals surface area contributed by atoms with Crippen LogP contribution in [-0.4, -0.2) is 32.7 Å². The van der Waals surface area contributed by atoms with Gasteiger partial charge in [-0.05, 0) is 43.4 Å². The maximum absolute atomic E-state index is 12.5. The molecular formula is C16H22N2O3. The molecule has 3 atom stereocenters. The molecular weight excluding hydrogens is 268 g/mol. The van der Waals surface area contributed by atoms with Crippen molar-refractivity contribution in [2.45, 2.75) is 25.3 Å². The second kappa shape index (κ2) is 5.93. The average molecular weight is 290 g/mol. The first kappa shape index (κ1) is 14.2. The van der Waals surface area contributed by atoms with Gasteiger partial charge in [-0.3, -0.25) is 4.79 Å². The molecule has 0 bridgehead atoms. The molecule has 1 heterocycles. The maximum Gasteiger partial charge on any atom is 0.241 e. The van der Waals surface area contributed by atoms with Gasteiger partial charge in [0.15, 0.2) is 0 Å². The third-order valence-corrected chi connectivity index (χ3v) is 4.70. The minimum atomic E-state index is -0.0793. The van der Waals surface area contributed by atoms with Gasteiger partial charge < -0.3 is 20.1 Å². The standard InChI is InChI=1S/C16H22N2O3/c1-20-11-6-7-13(14(8-11)21-2)18-16(19)15-12-5-3-4-10(12)9-17-15/h6-8,10,12,15,17H,3-5,9H2,1-2H3,(H,18,19). The summed E-state index contributed by atoms with van der Waals surface area (Å²) < 4.78 is 10.5. The molecule has 1 aliphatic heterocycles. The summed E-state index contributed by atoms with van der Waals surface area (Å²) in [6.07, 6.45) is 3.63. The fourth-order valence-corrected chi connectivity index (χ4v) is 3.59. The van der Waals surface area contributed by atoms with Gasteiger partial charge in [0.25, 0.3) is 0 Å². The predicted octanol–water partition coefficient (Wildman–Crippen LogP) is 2.03. The van der Waals surface area contributed by atoms with Crippen LogP contribution in [0.15, 0.2) is 18.2 Å². The van der Waals surface area contributed by atoms with E-state index < -0.39 is 0 Å². The molecule has 1 saturated carbocycles. The van der Waals surface area contributed by atoms with Crippen molar-refractivity contribution in [1.29, 1.82) is 0 Å². The van der Waals surface area contributed by atoms with Gasteiger partial charge in [-0.1, -0.05) is 6.42 Å². The number of amides is 1. The zero-order chi connectivity index (χ0) is 14.8. The summed E-state index contributed by atoms with van der Waals surface area (Å²) in [6, 6.07) is 5.33. The molecule has 0 radical (unpaired) electrons. The van der Waals surface area contributed by atoms with E-state index in [-0.39, 0.29) is 11.9 Å². The minimum Gasteiger partial charge on any atom is -0.497 e. The molecule has 2 N–H and O–H groups in total. The Morgan fingerprint density at radius 2 is 2.14 bits per heavy atom. The first-order valence-corrected chi connectivity index (χ1v) is 7.49. The first-order chi connectivity index (χ1) is 10.2. The molecule has 3 unspecified atom stereocenters. The fourth-order valence-electron chi connectivity index (χ4n) is 3.59. The number of carbonyl (C=O) groups is 1. The van der Waals surface area contributed by atoms with Crippen molar-refractivity contribution in [1.82, 2.24) is 5.32 Å². The zero-order valence-corrected chi connectivity index (χ0v) is 12.5. The summed E-state index contributed by atoms with van der Waals surface area (Å²) in [5.74, 6) is 2.50. The van der Waals surface area contributed by atoms with Crippen LogP contribution in [0.3, 0.4) is 0 Å². The highest BCUT2D eigenvalue weighted by molar-refractivity contribution is 5.96. The van der Waals surface area contributed by atoms with Gasteiger partial charge in [-0.15, -0.1) is 0 Å². The predicted molar refractivity (Wildman–Crippen MR) is 80.8 cm³/mol. The quantitative estimate of drug-likeness (QED) is 0.891. The van der Waals surface area contributed by atoms with E-state index in [0.717, 1.165) is 13.0 Å². The number of ether oxygens (including phenoxy) is 2. The highest BCUT2D eigenvalue weighted by atomic mass is 16.5. The van der Waals surface area contributed by atoms with E-state index in [1.54, 1.807) is 20.3 Å². The molecule has 1 amide bonds. The van der Waals surface area contributed by atoms with E-state index in [1.165, 1.54) is 12.8 Å². The van der Waals surface area contributed by atoms with Gasteiger partial charge in [0.1, 0.15) is 11.5 Å². The molecule has 2 fully saturated rings. The third-order valence-electron chi connectivity index (χ3n) is 4.70. The topological polar surface area (TPSA) is 59.6 Å². The third kappa shape index (κ3) is 2.70. The number of methoxy groups -OCH3 is 2. The van der Waals surface area contributed by atoms with Crippen LogP contribution in [-0.2, 0) is 4.79 Å². The Kier molecular flexibility index (Phi) is 4.01. The molecule has 1 aliphatic carbocycles. The number of fused-ring (bicyclic) bond motifs is 1. The molecule has 1 saturated heterocycles. The van der Waals surface area contributed by atoms with Gasteiger partial charge >= 0.3 is 0 Å². The van der Waals surface area contributed by atoms with Crippen LogP contribution < -0.4 is 20.1 Å². The summed E-state index contributed by atoms with van der Waals surface area (Å²) in [6.45, 7) is 0.961. The van der Waals surface area contributed by atoms with E-state index in [2.05, 4.69) is 10.6 Å². The molecule has 0 aromatic heterocycles. The van der Waals surface area contributed by atoms with Crippen LogP contribution in [0.1, 0.15) is 19.3 Å². The highest BCUT2D eigenvalue weighted by Crippen LogP contribution is 2.38. The van der Waals surface area contributed by atoms with Crippen LogP contribution in [0.4, 0.5) is 5.69 Å². The van der Waals surface area contributed by atoms with Gasteiger partial charge in [-0.2, -0.15) is 0 Å². The summed E-state index contributed by atoms with van der Waals surface area (Å²) in [4.78, 5) is 12.5. The molecule has 0 spiro atoms. The van der Waals surface area contributed by atoms with Gasteiger partial charge in [-0.25, -0.2) is 0 Å². The number of rotatable bonds is 4. The van der Waals surface area contributed by atoms with E-state index in [9.17, 15) is 4.79 Å². The summed E-state index contributed by atoms with van der Waals surface area (Å²) in [5.41, 5.74) is 0.687. The Morgan fingerprint density at radius 1 is 1.29 bits per heavy atom. The molecule has 114 valence electrons. The average Bonchev–Trinajstić information content (AvgIpc) is 3.10. The van der Waals surface area contributed by atoms with Gasteiger partial charge in [0, 0.05) is 6.07 Å². The number of benzene rings is 1. The van der Waals surface area contributed by atoms with E-state index in [0.29, 0.717) is 29.0 Å². The van der Waals surface area contributed by atoms with E-state index >= 15 is 0 Å². The lowest BCUT2D eigenvalue weighted by Crippen LogP contribution is -2.39. The second-order valence-corrected chi connectivity index (χ2v) is 5.80. The molecule has 5 heteroatoms. The number of anilines is 1. The smallest absolute Gasteiger partial charge is 0.241 e. The number of nitrogens with one attached hydrogen (secondary N) is 2. The first-order valence-electron chi connectivity index (χ1n) is 7.49. The second-order valence-electron chi connectivity index (χ2n) is 5.80. The van der Waals surface area contributed by atoms with Crippen LogP contribution in [0.5, 0.6) is 11.5 Å². The molecule has 1 aromatic carbocycles. The normalized spacial score (nSPS) is 27.2. The Balaban J connectivity index is 1.72. The Labute approximate surface area is 125 Å². The lowest BCUT2D eigenvalue weighted by Gasteiger charge is -2.19. The fraction of sp³-hybridized carbons (Fsp3) is 0.562. The van der Waals surface area contributed by atoms with Crippen LogP contribution >= 0.6 is 0 Å². The van der Waals surface area contributed by atoms with Crippen LogP contribution in [0.2, 0.25) is 0 Å². The number of carbonyl (C=O) groups excluding carboxylic acids is 1. The Morgan fingerprint density at radius 3 is 2.90 bits per heavy atom. The minimum absolute atomic E-state index is 0.0351. The van der Waals surface area contributed by atoms with Crippen LogP contribution in [0, 0.1) is 11.8 Å².